The van der Waals surface area contributed by atoms with Gasteiger partial charge in [-0.3, -0.25) is 4.79 Å². The number of aryl methyl sites for hydroxylation is 1. The summed E-state index contributed by atoms with van der Waals surface area (Å²) >= 11 is 1.47. The molecule has 4 rings (SSSR count). The number of rotatable bonds is 6. The number of nitrogens with zero attached hydrogens (tertiary/aromatic N) is 3. The van der Waals surface area contributed by atoms with E-state index in [0.717, 1.165) is 40.1 Å². The van der Waals surface area contributed by atoms with Crippen LogP contribution in [0, 0.1) is 6.92 Å². The molecular weight excluding hydrogens is 400 g/mol. The molecule has 2 aromatic heterocycles. The molecule has 0 saturated carbocycles. The number of aromatic nitrogens is 2. The second kappa shape index (κ2) is 8.71. The fourth-order valence-corrected chi connectivity index (χ4v) is 4.25. The molecule has 1 aliphatic rings. The molecule has 3 heterocycles. The Bertz CT molecular complexity index is 1070. The van der Waals surface area contributed by atoms with Crippen LogP contribution in [0.25, 0.3) is 0 Å². The number of pyridine rings is 1. The first-order chi connectivity index (χ1) is 14.6. The van der Waals surface area contributed by atoms with Crippen molar-refractivity contribution in [3.63, 3.8) is 0 Å². The molecule has 1 aliphatic heterocycles. The Kier molecular flexibility index (Phi) is 5.85. The van der Waals surface area contributed by atoms with E-state index in [2.05, 4.69) is 15.3 Å². The molecule has 0 radical (unpaired) electrons. The standard InChI is InChI=1S/C22H24N4O3S/c1-14-5-4-6-20(23-14)25-22-24-17(13-30-22)11-21(27)26-8-7-15-9-18(28-2)19(29-3)10-16(15)12-26/h4-6,9-10,13H,7-8,11-12H2,1-3H3,(H,23,24,25). The lowest BCUT2D eigenvalue weighted by molar-refractivity contribution is -0.131. The van der Waals surface area contributed by atoms with Gasteiger partial charge in [-0.15, -0.1) is 11.3 Å². The summed E-state index contributed by atoms with van der Waals surface area (Å²) in [6, 6.07) is 9.76. The number of anilines is 2. The van der Waals surface area contributed by atoms with Crippen LogP contribution in [-0.4, -0.2) is 41.5 Å². The SMILES string of the molecule is COc1cc2c(cc1OC)CN(C(=O)Cc1csc(Nc3cccc(C)n3)n1)CC2. The predicted molar refractivity (Wildman–Crippen MR) is 117 cm³/mol. The van der Waals surface area contributed by atoms with Gasteiger partial charge in [-0.05, 0) is 48.7 Å². The van der Waals surface area contributed by atoms with E-state index in [1.54, 1.807) is 14.2 Å². The first-order valence-corrected chi connectivity index (χ1v) is 10.6. The molecule has 0 spiro atoms. The number of hydrogen-bond acceptors (Lipinski definition) is 7. The number of benzene rings is 1. The zero-order valence-electron chi connectivity index (χ0n) is 17.3. The van der Waals surface area contributed by atoms with Crippen LogP contribution in [0.4, 0.5) is 10.9 Å². The third-order valence-corrected chi connectivity index (χ3v) is 5.88. The molecule has 3 aromatic rings. The minimum atomic E-state index is 0.0703. The molecule has 1 aromatic carbocycles. The largest absolute Gasteiger partial charge is 0.493 e. The van der Waals surface area contributed by atoms with Crippen LogP contribution in [0.3, 0.4) is 0 Å². The van der Waals surface area contributed by atoms with E-state index < -0.39 is 0 Å². The van der Waals surface area contributed by atoms with E-state index in [1.807, 2.05) is 47.5 Å². The number of methoxy groups -OCH3 is 2. The molecule has 0 atom stereocenters. The zero-order valence-corrected chi connectivity index (χ0v) is 18.1. The van der Waals surface area contributed by atoms with Crippen LogP contribution >= 0.6 is 11.3 Å². The Hall–Kier alpha value is -3.13. The van der Waals surface area contributed by atoms with Crippen molar-refractivity contribution < 1.29 is 14.3 Å². The Balaban J connectivity index is 1.41. The summed E-state index contributed by atoms with van der Waals surface area (Å²) in [5.74, 6) is 2.23. The highest BCUT2D eigenvalue weighted by atomic mass is 32.1. The van der Waals surface area contributed by atoms with Crippen LogP contribution in [0.15, 0.2) is 35.7 Å². The Morgan fingerprint density at radius 2 is 1.93 bits per heavy atom. The van der Waals surface area contributed by atoms with Crippen LogP contribution in [-0.2, 0) is 24.2 Å². The summed E-state index contributed by atoms with van der Waals surface area (Å²) < 4.78 is 10.8. The average Bonchev–Trinajstić information content (AvgIpc) is 3.18. The fourth-order valence-electron chi connectivity index (χ4n) is 3.53. The van der Waals surface area contributed by atoms with Crippen molar-refractivity contribution in [3.05, 3.63) is 58.2 Å². The minimum Gasteiger partial charge on any atom is -0.493 e. The Morgan fingerprint density at radius 3 is 2.67 bits per heavy atom. The fraction of sp³-hybridized carbons (Fsp3) is 0.318. The van der Waals surface area contributed by atoms with Gasteiger partial charge in [-0.2, -0.15) is 0 Å². The second-order valence-corrected chi connectivity index (χ2v) is 8.01. The normalized spacial score (nSPS) is 13.0. The maximum absolute atomic E-state index is 12.9. The van der Waals surface area contributed by atoms with E-state index in [4.69, 9.17) is 9.47 Å². The van der Waals surface area contributed by atoms with Crippen molar-refractivity contribution in [1.29, 1.82) is 0 Å². The monoisotopic (exact) mass is 424 g/mol. The van der Waals surface area contributed by atoms with Crippen molar-refractivity contribution in [2.45, 2.75) is 26.3 Å². The lowest BCUT2D eigenvalue weighted by Crippen LogP contribution is -2.37. The van der Waals surface area contributed by atoms with Crippen molar-refractivity contribution in [3.8, 4) is 11.5 Å². The number of amides is 1. The van der Waals surface area contributed by atoms with Gasteiger partial charge in [0.25, 0.3) is 0 Å². The smallest absolute Gasteiger partial charge is 0.228 e. The maximum atomic E-state index is 12.9. The predicted octanol–water partition coefficient (Wildman–Crippen LogP) is 3.73. The number of ether oxygens (including phenoxy) is 2. The van der Waals surface area contributed by atoms with Gasteiger partial charge < -0.3 is 19.7 Å². The van der Waals surface area contributed by atoms with Crippen LogP contribution in [0.1, 0.15) is 22.5 Å². The van der Waals surface area contributed by atoms with Crippen molar-refractivity contribution in [2.75, 3.05) is 26.1 Å². The van der Waals surface area contributed by atoms with Gasteiger partial charge >= 0.3 is 0 Å². The summed E-state index contributed by atoms with van der Waals surface area (Å²) in [4.78, 5) is 23.7. The van der Waals surface area contributed by atoms with Gasteiger partial charge in [0.1, 0.15) is 5.82 Å². The third kappa shape index (κ3) is 4.38. The number of thiazole rings is 1. The van der Waals surface area contributed by atoms with Crippen molar-refractivity contribution >= 4 is 28.2 Å². The highest BCUT2D eigenvalue weighted by molar-refractivity contribution is 7.13. The summed E-state index contributed by atoms with van der Waals surface area (Å²) in [6.07, 6.45) is 1.08. The molecule has 0 saturated heterocycles. The molecule has 7 nitrogen and oxygen atoms in total. The van der Waals surface area contributed by atoms with E-state index >= 15 is 0 Å². The molecule has 8 heteroatoms. The molecule has 0 aliphatic carbocycles. The molecular formula is C22H24N4O3S. The number of hydrogen-bond donors (Lipinski definition) is 1. The van der Waals surface area contributed by atoms with E-state index in [9.17, 15) is 4.79 Å². The number of carbonyl (C=O) groups excluding carboxylic acids is 1. The first-order valence-electron chi connectivity index (χ1n) is 9.72. The lowest BCUT2D eigenvalue weighted by Gasteiger charge is -2.29. The van der Waals surface area contributed by atoms with Gasteiger partial charge in [-0.25, -0.2) is 9.97 Å². The number of carbonyl (C=O) groups is 1. The van der Waals surface area contributed by atoms with Gasteiger partial charge in [-0.1, -0.05) is 6.07 Å². The summed E-state index contributed by atoms with van der Waals surface area (Å²) in [7, 11) is 3.25. The Morgan fingerprint density at radius 1 is 1.17 bits per heavy atom. The van der Waals surface area contributed by atoms with Crippen molar-refractivity contribution in [2.24, 2.45) is 0 Å². The quantitative estimate of drug-likeness (QED) is 0.650. The number of nitrogens with one attached hydrogen (secondary N) is 1. The third-order valence-electron chi connectivity index (χ3n) is 5.08. The molecule has 0 bridgehead atoms. The van der Waals surface area contributed by atoms with Crippen LogP contribution < -0.4 is 14.8 Å². The van der Waals surface area contributed by atoms with Crippen LogP contribution in [0.5, 0.6) is 11.5 Å². The molecule has 0 fully saturated rings. The highest BCUT2D eigenvalue weighted by Crippen LogP contribution is 2.33. The van der Waals surface area contributed by atoms with E-state index in [0.29, 0.717) is 18.8 Å². The van der Waals surface area contributed by atoms with Crippen molar-refractivity contribution in [1.82, 2.24) is 14.9 Å². The average molecular weight is 425 g/mol. The topological polar surface area (TPSA) is 76.6 Å². The van der Waals surface area contributed by atoms with Gasteiger partial charge in [0.2, 0.25) is 5.91 Å². The molecule has 0 unspecified atom stereocenters. The Labute approximate surface area is 179 Å². The molecule has 1 N–H and O–H groups in total. The molecule has 30 heavy (non-hydrogen) atoms. The van der Waals surface area contributed by atoms with Gasteiger partial charge in [0.05, 0.1) is 26.3 Å². The first kappa shape index (κ1) is 20.2. The zero-order chi connectivity index (χ0) is 21.1. The second-order valence-electron chi connectivity index (χ2n) is 7.15. The van der Waals surface area contributed by atoms with Gasteiger partial charge in [0, 0.05) is 24.2 Å². The highest BCUT2D eigenvalue weighted by Gasteiger charge is 2.23. The van der Waals surface area contributed by atoms with E-state index in [1.165, 1.54) is 16.9 Å². The van der Waals surface area contributed by atoms with E-state index in [-0.39, 0.29) is 12.3 Å². The summed E-state index contributed by atoms with van der Waals surface area (Å²) in [5, 5.41) is 5.85. The minimum absolute atomic E-state index is 0.0703. The summed E-state index contributed by atoms with van der Waals surface area (Å²) in [5.41, 5.74) is 3.99. The maximum Gasteiger partial charge on any atom is 0.228 e. The van der Waals surface area contributed by atoms with Crippen LogP contribution in [0.2, 0.25) is 0 Å². The number of fused-ring (bicyclic) bond motifs is 1. The molecule has 1 amide bonds. The summed E-state index contributed by atoms with van der Waals surface area (Å²) in [6.45, 7) is 3.19. The van der Waals surface area contributed by atoms with Gasteiger partial charge in [0.15, 0.2) is 16.6 Å². The lowest BCUT2D eigenvalue weighted by atomic mass is 9.98. The molecule has 156 valence electrons.